The predicted molar refractivity (Wildman–Crippen MR) is 73.5 cm³/mol. The van der Waals surface area contributed by atoms with E-state index in [4.69, 9.17) is 4.74 Å². The zero-order valence-electron chi connectivity index (χ0n) is 11.5. The van der Waals surface area contributed by atoms with Crippen LogP contribution in [0.25, 0.3) is 0 Å². The molecule has 1 aromatic carbocycles. The number of methoxy groups -OCH3 is 1. The van der Waals surface area contributed by atoms with E-state index in [1.165, 1.54) is 0 Å². The van der Waals surface area contributed by atoms with Gasteiger partial charge in [0.05, 0.1) is 19.3 Å². The van der Waals surface area contributed by atoms with Gasteiger partial charge in [0.15, 0.2) is 0 Å². The summed E-state index contributed by atoms with van der Waals surface area (Å²) in [6.45, 7) is 1.89. The fourth-order valence-electron chi connectivity index (χ4n) is 2.70. The summed E-state index contributed by atoms with van der Waals surface area (Å²) in [4.78, 5) is 12.3. The van der Waals surface area contributed by atoms with E-state index in [1.807, 2.05) is 13.0 Å². The maximum Gasteiger partial charge on any atom is 0.252 e. The molecule has 1 aromatic rings. The van der Waals surface area contributed by atoms with E-state index in [2.05, 4.69) is 5.32 Å². The molecule has 1 aliphatic rings. The summed E-state index contributed by atoms with van der Waals surface area (Å²) >= 11 is 0. The van der Waals surface area contributed by atoms with Gasteiger partial charge in [-0.3, -0.25) is 4.79 Å². The molecule has 2 rings (SSSR count). The van der Waals surface area contributed by atoms with E-state index < -0.39 is 5.54 Å². The molecule has 1 amide bonds. The smallest absolute Gasteiger partial charge is 0.252 e. The van der Waals surface area contributed by atoms with Gasteiger partial charge in [-0.15, -0.1) is 0 Å². The lowest BCUT2D eigenvalue weighted by Crippen LogP contribution is -2.49. The molecule has 0 atom stereocenters. The predicted octanol–water partition coefficient (Wildman–Crippen LogP) is 2.04. The van der Waals surface area contributed by atoms with E-state index in [0.717, 1.165) is 37.0 Å². The highest BCUT2D eigenvalue weighted by molar-refractivity contribution is 5.96. The van der Waals surface area contributed by atoms with E-state index in [1.54, 1.807) is 19.2 Å². The van der Waals surface area contributed by atoms with Crippen LogP contribution in [0.5, 0.6) is 5.75 Å². The highest BCUT2D eigenvalue weighted by atomic mass is 16.5. The first kappa shape index (κ1) is 13.9. The molecule has 104 valence electrons. The second-order valence-electron chi connectivity index (χ2n) is 5.28. The molecule has 1 saturated carbocycles. The number of amides is 1. The number of aryl methyl sites for hydroxylation is 1. The fraction of sp³-hybridized carbons (Fsp3) is 0.533. The first-order chi connectivity index (χ1) is 9.10. The second kappa shape index (κ2) is 5.61. The lowest BCUT2D eigenvalue weighted by Gasteiger charge is -2.28. The average Bonchev–Trinajstić information content (AvgIpc) is 2.87. The molecule has 4 nitrogen and oxygen atoms in total. The second-order valence-corrected chi connectivity index (χ2v) is 5.28. The topological polar surface area (TPSA) is 58.6 Å². The molecule has 2 N–H and O–H groups in total. The minimum absolute atomic E-state index is 0.00788. The number of rotatable bonds is 4. The molecular formula is C15H21NO3. The van der Waals surface area contributed by atoms with Crippen LogP contribution in [0.4, 0.5) is 0 Å². The Hall–Kier alpha value is -1.55. The van der Waals surface area contributed by atoms with Gasteiger partial charge in [-0.1, -0.05) is 12.8 Å². The zero-order chi connectivity index (χ0) is 13.9. The van der Waals surface area contributed by atoms with Gasteiger partial charge < -0.3 is 15.2 Å². The van der Waals surface area contributed by atoms with Gasteiger partial charge in [-0.05, 0) is 43.5 Å². The van der Waals surface area contributed by atoms with Crippen LogP contribution >= 0.6 is 0 Å². The Bertz CT molecular complexity index is 464. The van der Waals surface area contributed by atoms with Crippen molar-refractivity contribution in [3.63, 3.8) is 0 Å². The van der Waals surface area contributed by atoms with Crippen molar-refractivity contribution in [1.82, 2.24) is 5.32 Å². The van der Waals surface area contributed by atoms with Crippen LogP contribution in [0.15, 0.2) is 18.2 Å². The van der Waals surface area contributed by atoms with Crippen LogP contribution < -0.4 is 10.1 Å². The minimum Gasteiger partial charge on any atom is -0.497 e. The Morgan fingerprint density at radius 1 is 1.42 bits per heavy atom. The number of hydrogen-bond acceptors (Lipinski definition) is 3. The standard InChI is InChI=1S/C15H21NO3/c1-11-9-12(19-2)5-6-13(11)14(18)16-15(10-17)7-3-4-8-15/h5-6,9,17H,3-4,7-8,10H2,1-2H3,(H,16,18). The summed E-state index contributed by atoms with van der Waals surface area (Å²) < 4.78 is 5.13. The molecule has 1 fully saturated rings. The summed E-state index contributed by atoms with van der Waals surface area (Å²) in [5.41, 5.74) is 1.09. The van der Waals surface area contributed by atoms with Gasteiger partial charge in [0.2, 0.25) is 0 Å². The first-order valence-corrected chi connectivity index (χ1v) is 6.68. The molecule has 0 heterocycles. The third-order valence-electron chi connectivity index (χ3n) is 3.92. The monoisotopic (exact) mass is 263 g/mol. The summed E-state index contributed by atoms with van der Waals surface area (Å²) in [6.07, 6.45) is 3.82. The Morgan fingerprint density at radius 2 is 2.11 bits per heavy atom. The van der Waals surface area contributed by atoms with Crippen molar-refractivity contribution in [2.24, 2.45) is 0 Å². The molecule has 0 spiro atoms. The van der Waals surface area contributed by atoms with E-state index in [0.29, 0.717) is 5.56 Å². The molecular weight excluding hydrogens is 242 g/mol. The summed E-state index contributed by atoms with van der Waals surface area (Å²) in [5.74, 6) is 0.628. The lowest BCUT2D eigenvalue weighted by molar-refractivity contribution is 0.0838. The number of carbonyl (C=O) groups is 1. The number of benzene rings is 1. The molecule has 0 aromatic heterocycles. The molecule has 4 heteroatoms. The van der Waals surface area contributed by atoms with Crippen LogP contribution in [0.2, 0.25) is 0 Å². The van der Waals surface area contributed by atoms with Gasteiger partial charge in [-0.25, -0.2) is 0 Å². The quantitative estimate of drug-likeness (QED) is 0.874. The van der Waals surface area contributed by atoms with Crippen molar-refractivity contribution in [3.05, 3.63) is 29.3 Å². The number of aliphatic hydroxyl groups is 1. The van der Waals surface area contributed by atoms with Crippen LogP contribution in [0, 0.1) is 6.92 Å². The van der Waals surface area contributed by atoms with E-state index in [9.17, 15) is 9.90 Å². The van der Waals surface area contributed by atoms with Crippen molar-refractivity contribution in [1.29, 1.82) is 0 Å². The largest absolute Gasteiger partial charge is 0.497 e. The minimum atomic E-state index is -0.427. The molecule has 19 heavy (non-hydrogen) atoms. The number of ether oxygens (including phenoxy) is 1. The molecule has 0 radical (unpaired) electrons. The number of hydrogen-bond donors (Lipinski definition) is 2. The summed E-state index contributed by atoms with van der Waals surface area (Å²) in [5, 5.41) is 12.5. The third kappa shape index (κ3) is 2.89. The third-order valence-corrected chi connectivity index (χ3v) is 3.92. The van der Waals surface area contributed by atoms with Crippen molar-refractivity contribution < 1.29 is 14.6 Å². The van der Waals surface area contributed by atoms with Crippen molar-refractivity contribution in [2.45, 2.75) is 38.1 Å². The molecule has 0 aliphatic heterocycles. The summed E-state index contributed by atoms with van der Waals surface area (Å²) in [7, 11) is 1.60. The van der Waals surface area contributed by atoms with Gasteiger partial charge in [0.1, 0.15) is 5.75 Å². The Kier molecular flexibility index (Phi) is 4.10. The molecule has 0 unspecified atom stereocenters. The fourth-order valence-corrected chi connectivity index (χ4v) is 2.70. The van der Waals surface area contributed by atoms with Crippen molar-refractivity contribution in [2.75, 3.05) is 13.7 Å². The molecule has 0 bridgehead atoms. The Morgan fingerprint density at radius 3 is 2.63 bits per heavy atom. The number of carbonyl (C=O) groups excluding carboxylic acids is 1. The Balaban J connectivity index is 2.15. The normalized spacial score (nSPS) is 17.2. The van der Waals surface area contributed by atoms with Crippen molar-refractivity contribution >= 4 is 5.91 Å². The summed E-state index contributed by atoms with van der Waals surface area (Å²) in [6, 6.07) is 5.39. The maximum absolute atomic E-state index is 12.3. The van der Waals surface area contributed by atoms with Crippen LogP contribution in [-0.4, -0.2) is 30.3 Å². The highest BCUT2D eigenvalue weighted by Gasteiger charge is 2.35. The van der Waals surface area contributed by atoms with Crippen LogP contribution in [0.3, 0.4) is 0 Å². The number of nitrogens with one attached hydrogen (secondary N) is 1. The van der Waals surface area contributed by atoms with E-state index in [-0.39, 0.29) is 12.5 Å². The van der Waals surface area contributed by atoms with Gasteiger partial charge >= 0.3 is 0 Å². The number of aliphatic hydroxyl groups excluding tert-OH is 1. The van der Waals surface area contributed by atoms with E-state index >= 15 is 0 Å². The highest BCUT2D eigenvalue weighted by Crippen LogP contribution is 2.29. The SMILES string of the molecule is COc1ccc(C(=O)NC2(CO)CCCC2)c(C)c1. The molecule has 1 aliphatic carbocycles. The van der Waals surface area contributed by atoms with Crippen LogP contribution in [0.1, 0.15) is 41.6 Å². The first-order valence-electron chi connectivity index (χ1n) is 6.68. The maximum atomic E-state index is 12.3. The van der Waals surface area contributed by atoms with Gasteiger partial charge in [0.25, 0.3) is 5.91 Å². The average molecular weight is 263 g/mol. The lowest BCUT2D eigenvalue weighted by atomic mass is 9.97. The van der Waals surface area contributed by atoms with Gasteiger partial charge in [0, 0.05) is 5.56 Å². The van der Waals surface area contributed by atoms with Crippen molar-refractivity contribution in [3.8, 4) is 5.75 Å². The zero-order valence-corrected chi connectivity index (χ0v) is 11.5. The molecule has 0 saturated heterocycles. The Labute approximate surface area is 113 Å². The van der Waals surface area contributed by atoms with Gasteiger partial charge in [-0.2, -0.15) is 0 Å². The van der Waals surface area contributed by atoms with Crippen LogP contribution in [-0.2, 0) is 0 Å².